The minimum absolute atomic E-state index is 0.0154. The molecule has 0 aliphatic heterocycles. The van der Waals surface area contributed by atoms with E-state index in [0.29, 0.717) is 12.5 Å². The third kappa shape index (κ3) is 3.52. The molecule has 0 N–H and O–H groups in total. The van der Waals surface area contributed by atoms with Crippen LogP contribution in [0.25, 0.3) is 0 Å². The highest BCUT2D eigenvalue weighted by molar-refractivity contribution is 6.28. The highest BCUT2D eigenvalue weighted by Crippen LogP contribution is 2.25. The Kier molecular flexibility index (Phi) is 4.62. The Morgan fingerprint density at radius 1 is 1.65 bits per heavy atom. The second-order valence-electron chi connectivity index (χ2n) is 4.00. The molecule has 0 bridgehead atoms. The average molecular weight is 259 g/mol. The van der Waals surface area contributed by atoms with Crippen molar-refractivity contribution in [1.82, 2.24) is 9.97 Å². The van der Waals surface area contributed by atoms with Gasteiger partial charge in [0, 0.05) is 13.6 Å². The summed E-state index contributed by atoms with van der Waals surface area (Å²) >= 11 is 5.66. The molecule has 0 radical (unpaired) electrons. The van der Waals surface area contributed by atoms with Crippen LogP contribution in [0.2, 0.25) is 5.28 Å². The molecule has 1 rings (SSSR count). The molecule has 94 valence electrons. The fourth-order valence-electron chi connectivity index (χ4n) is 1.44. The summed E-state index contributed by atoms with van der Waals surface area (Å²) in [5, 5.41) is 10.9. The number of hydrogen-bond donors (Lipinski definition) is 0. The topological polar surface area (TPSA) is 72.2 Å². The first-order valence-electron chi connectivity index (χ1n) is 5.33. The van der Waals surface area contributed by atoms with Gasteiger partial charge in [-0.2, -0.15) is 4.98 Å². The number of nitrogens with zero attached hydrogens (tertiary/aromatic N) is 4. The summed E-state index contributed by atoms with van der Waals surface area (Å²) < 4.78 is 0. The van der Waals surface area contributed by atoms with Crippen molar-refractivity contribution in [3.63, 3.8) is 0 Å². The van der Waals surface area contributed by atoms with E-state index in [1.807, 2.05) is 0 Å². The highest BCUT2D eigenvalue weighted by atomic mass is 35.5. The molecular weight excluding hydrogens is 244 g/mol. The van der Waals surface area contributed by atoms with Crippen molar-refractivity contribution in [2.24, 2.45) is 5.92 Å². The van der Waals surface area contributed by atoms with Gasteiger partial charge in [0.05, 0.1) is 4.92 Å². The van der Waals surface area contributed by atoms with E-state index in [1.165, 1.54) is 0 Å². The summed E-state index contributed by atoms with van der Waals surface area (Å²) in [6.45, 7) is 4.83. The van der Waals surface area contributed by atoms with Crippen molar-refractivity contribution < 1.29 is 4.92 Å². The molecule has 17 heavy (non-hydrogen) atoms. The van der Waals surface area contributed by atoms with Crippen LogP contribution in [0.5, 0.6) is 0 Å². The third-order valence-electron chi connectivity index (χ3n) is 2.56. The zero-order valence-electron chi connectivity index (χ0n) is 10.1. The van der Waals surface area contributed by atoms with Crippen LogP contribution in [0.3, 0.4) is 0 Å². The molecule has 7 heteroatoms. The molecule has 0 aliphatic carbocycles. The van der Waals surface area contributed by atoms with E-state index < -0.39 is 4.92 Å². The number of anilines is 1. The Morgan fingerprint density at radius 2 is 2.29 bits per heavy atom. The van der Waals surface area contributed by atoms with Crippen LogP contribution in [-0.4, -0.2) is 28.5 Å². The lowest BCUT2D eigenvalue weighted by atomic mass is 10.1. The van der Waals surface area contributed by atoms with Crippen molar-refractivity contribution in [1.29, 1.82) is 0 Å². The second-order valence-corrected chi connectivity index (χ2v) is 4.34. The molecule has 0 saturated heterocycles. The quantitative estimate of drug-likeness (QED) is 0.461. The Bertz CT molecular complexity index is 413. The van der Waals surface area contributed by atoms with Gasteiger partial charge in [0.1, 0.15) is 6.20 Å². The number of rotatable bonds is 5. The molecule has 1 unspecified atom stereocenters. The van der Waals surface area contributed by atoms with Gasteiger partial charge in [-0.1, -0.05) is 20.3 Å². The Labute approximate surface area is 105 Å². The molecular formula is C10H15ClN4O2. The molecule has 1 aromatic heterocycles. The molecule has 0 saturated carbocycles. The predicted molar refractivity (Wildman–Crippen MR) is 66.4 cm³/mol. The fraction of sp³-hybridized carbons (Fsp3) is 0.600. The summed E-state index contributed by atoms with van der Waals surface area (Å²) in [5.41, 5.74) is -0.125. The van der Waals surface area contributed by atoms with Crippen LogP contribution in [0.4, 0.5) is 11.5 Å². The van der Waals surface area contributed by atoms with Crippen LogP contribution >= 0.6 is 11.6 Å². The van der Waals surface area contributed by atoms with Crippen LogP contribution < -0.4 is 4.90 Å². The highest BCUT2D eigenvalue weighted by Gasteiger charge is 2.21. The number of hydrogen-bond acceptors (Lipinski definition) is 5. The number of nitro groups is 1. The van der Waals surface area contributed by atoms with Crippen molar-refractivity contribution in [2.45, 2.75) is 20.3 Å². The Morgan fingerprint density at radius 3 is 2.82 bits per heavy atom. The van der Waals surface area contributed by atoms with Crippen molar-refractivity contribution >= 4 is 23.1 Å². The molecule has 1 heterocycles. The van der Waals surface area contributed by atoms with E-state index >= 15 is 0 Å². The summed E-state index contributed by atoms with van der Waals surface area (Å²) in [7, 11) is 1.76. The van der Waals surface area contributed by atoms with Gasteiger partial charge < -0.3 is 4.90 Å². The largest absolute Gasteiger partial charge is 0.354 e. The van der Waals surface area contributed by atoms with E-state index in [4.69, 9.17) is 11.6 Å². The SMILES string of the molecule is CCC(C)CN(C)c1nc(Cl)ncc1[N+](=O)[O-]. The van der Waals surface area contributed by atoms with Gasteiger partial charge in [-0.05, 0) is 17.5 Å². The lowest BCUT2D eigenvalue weighted by Gasteiger charge is -2.21. The minimum Gasteiger partial charge on any atom is -0.354 e. The van der Waals surface area contributed by atoms with Crippen molar-refractivity contribution in [3.8, 4) is 0 Å². The Hall–Kier alpha value is -1.43. The third-order valence-corrected chi connectivity index (χ3v) is 2.74. The van der Waals surface area contributed by atoms with Gasteiger partial charge >= 0.3 is 5.69 Å². The van der Waals surface area contributed by atoms with Crippen LogP contribution in [0.1, 0.15) is 20.3 Å². The van der Waals surface area contributed by atoms with Crippen LogP contribution in [0, 0.1) is 16.0 Å². The monoisotopic (exact) mass is 258 g/mol. The van der Waals surface area contributed by atoms with Gasteiger partial charge in [0.2, 0.25) is 11.1 Å². The maximum absolute atomic E-state index is 10.8. The van der Waals surface area contributed by atoms with E-state index in [0.717, 1.165) is 12.6 Å². The molecule has 1 atom stereocenters. The second kappa shape index (κ2) is 5.77. The maximum atomic E-state index is 10.8. The van der Waals surface area contributed by atoms with Gasteiger partial charge in [0.15, 0.2) is 0 Å². The molecule has 6 nitrogen and oxygen atoms in total. The van der Waals surface area contributed by atoms with Gasteiger partial charge in [0.25, 0.3) is 0 Å². The van der Waals surface area contributed by atoms with E-state index in [2.05, 4.69) is 23.8 Å². The van der Waals surface area contributed by atoms with Gasteiger partial charge in [-0.25, -0.2) is 4.98 Å². The van der Waals surface area contributed by atoms with E-state index in [1.54, 1.807) is 11.9 Å². The average Bonchev–Trinajstić information content (AvgIpc) is 2.28. The molecule has 0 amide bonds. The standard InChI is InChI=1S/C10H15ClN4O2/c1-4-7(2)6-14(3)9-8(15(16)17)5-12-10(11)13-9/h5,7H,4,6H2,1-3H3. The lowest BCUT2D eigenvalue weighted by molar-refractivity contribution is -0.384. The van der Waals surface area contributed by atoms with Crippen LogP contribution in [-0.2, 0) is 0 Å². The number of halogens is 1. The molecule has 0 fully saturated rings. The van der Waals surface area contributed by atoms with E-state index in [9.17, 15) is 10.1 Å². The lowest BCUT2D eigenvalue weighted by Crippen LogP contribution is -2.25. The smallest absolute Gasteiger partial charge is 0.329 e. The molecule has 0 aliphatic rings. The normalized spacial score (nSPS) is 12.2. The predicted octanol–water partition coefficient (Wildman–Crippen LogP) is 2.52. The van der Waals surface area contributed by atoms with Crippen molar-refractivity contribution in [2.75, 3.05) is 18.5 Å². The molecule has 0 spiro atoms. The summed E-state index contributed by atoms with van der Waals surface area (Å²) in [4.78, 5) is 19.6. The first-order valence-corrected chi connectivity index (χ1v) is 5.71. The first kappa shape index (κ1) is 13.6. The maximum Gasteiger partial charge on any atom is 0.329 e. The zero-order valence-corrected chi connectivity index (χ0v) is 10.8. The number of aromatic nitrogens is 2. The van der Waals surface area contributed by atoms with Crippen LogP contribution in [0.15, 0.2) is 6.20 Å². The minimum atomic E-state index is -0.501. The summed E-state index contributed by atoms with van der Waals surface area (Å²) in [6.07, 6.45) is 2.13. The summed E-state index contributed by atoms with van der Waals surface area (Å²) in [6, 6.07) is 0. The molecule has 0 aromatic carbocycles. The Balaban J connectivity index is 3.02. The van der Waals surface area contributed by atoms with Gasteiger partial charge in [-0.3, -0.25) is 10.1 Å². The van der Waals surface area contributed by atoms with Gasteiger partial charge in [-0.15, -0.1) is 0 Å². The van der Waals surface area contributed by atoms with Crippen molar-refractivity contribution in [3.05, 3.63) is 21.6 Å². The fourth-order valence-corrected chi connectivity index (χ4v) is 1.57. The first-order chi connectivity index (χ1) is 7.95. The zero-order chi connectivity index (χ0) is 13.0. The molecule has 1 aromatic rings. The van der Waals surface area contributed by atoms with E-state index in [-0.39, 0.29) is 16.8 Å². The summed E-state index contributed by atoms with van der Waals surface area (Å²) in [5.74, 6) is 0.684.